The number of aromatic nitrogens is 4. The van der Waals surface area contributed by atoms with E-state index in [4.69, 9.17) is 0 Å². The molecule has 0 aliphatic carbocycles. The van der Waals surface area contributed by atoms with Gasteiger partial charge in [0.25, 0.3) is 0 Å². The second-order valence-electron chi connectivity index (χ2n) is 6.50. The van der Waals surface area contributed by atoms with Gasteiger partial charge in [0.15, 0.2) is 0 Å². The number of rotatable bonds is 6. The van der Waals surface area contributed by atoms with E-state index in [9.17, 15) is 4.79 Å². The predicted molar refractivity (Wildman–Crippen MR) is 115 cm³/mol. The highest BCUT2D eigenvalue weighted by atomic mass is 16.1. The predicted octanol–water partition coefficient (Wildman–Crippen LogP) is 3.76. The molecule has 0 aliphatic heterocycles. The smallest absolute Gasteiger partial charge is 0.213 e. The minimum absolute atomic E-state index is 0.180. The fourth-order valence-corrected chi connectivity index (χ4v) is 2.89. The monoisotopic (exact) mass is 394 g/mol. The summed E-state index contributed by atoms with van der Waals surface area (Å²) in [4.78, 5) is 13.1. The summed E-state index contributed by atoms with van der Waals surface area (Å²) in [6.45, 7) is 1.85. The fourth-order valence-electron chi connectivity index (χ4n) is 2.89. The number of nitrogens with zero attached hydrogens (tertiary/aromatic N) is 6. The maximum Gasteiger partial charge on any atom is 0.213 e. The molecule has 3 aromatic carbocycles. The molecule has 7 nitrogen and oxygen atoms in total. The summed E-state index contributed by atoms with van der Waals surface area (Å²) < 4.78 is 1.56. The third-order valence-electron chi connectivity index (χ3n) is 4.48. The van der Waals surface area contributed by atoms with Gasteiger partial charge >= 0.3 is 0 Å². The van der Waals surface area contributed by atoms with Gasteiger partial charge in [-0.25, -0.2) is 4.68 Å². The Bertz CT molecular complexity index is 1200. The SMILES string of the molecule is C/C(=N/N=C(\C(=O)c1ccccc1)c1ccccc1)c1cccc(-n2cnnn2)c1. The van der Waals surface area contributed by atoms with Crippen molar-refractivity contribution in [3.05, 3.63) is 108 Å². The standard InChI is InChI=1S/C23H18N6O/c1-17(20-13-8-14-21(15-20)29-16-24-27-28-29)25-26-22(18-9-4-2-5-10-18)23(30)19-11-6-3-7-12-19/h2-16H,1H3/b25-17-,26-22-. The van der Waals surface area contributed by atoms with Crippen molar-refractivity contribution < 1.29 is 4.79 Å². The van der Waals surface area contributed by atoms with E-state index in [0.29, 0.717) is 16.8 Å². The fraction of sp³-hybridized carbons (Fsp3) is 0.0435. The number of Topliss-reactive ketones (excluding diaryl/α,β-unsaturated/α-hetero) is 1. The molecule has 0 amide bonds. The van der Waals surface area contributed by atoms with Gasteiger partial charge in [-0.3, -0.25) is 4.79 Å². The Morgan fingerprint density at radius 2 is 1.47 bits per heavy atom. The third kappa shape index (κ3) is 4.25. The topological polar surface area (TPSA) is 85.4 Å². The Hall–Kier alpha value is -4.26. The number of carbonyl (C=O) groups is 1. The van der Waals surface area contributed by atoms with E-state index in [1.54, 1.807) is 16.8 Å². The van der Waals surface area contributed by atoms with Crippen LogP contribution in [-0.4, -0.2) is 37.4 Å². The summed E-state index contributed by atoms with van der Waals surface area (Å²) in [5, 5.41) is 19.9. The molecule has 1 aromatic heterocycles. The molecule has 7 heteroatoms. The van der Waals surface area contributed by atoms with Crippen LogP contribution in [0.1, 0.15) is 28.4 Å². The summed E-state index contributed by atoms with van der Waals surface area (Å²) in [6.07, 6.45) is 1.52. The van der Waals surface area contributed by atoms with Gasteiger partial charge in [0.2, 0.25) is 5.78 Å². The molecule has 0 radical (unpaired) electrons. The highest BCUT2D eigenvalue weighted by molar-refractivity contribution is 6.51. The van der Waals surface area contributed by atoms with Gasteiger partial charge in [0, 0.05) is 11.1 Å². The molecule has 0 aliphatic rings. The minimum atomic E-state index is -0.180. The summed E-state index contributed by atoms with van der Waals surface area (Å²) in [5.74, 6) is -0.180. The van der Waals surface area contributed by atoms with Crippen molar-refractivity contribution in [2.24, 2.45) is 10.2 Å². The van der Waals surface area contributed by atoms with Crippen molar-refractivity contribution in [2.75, 3.05) is 0 Å². The van der Waals surface area contributed by atoms with Crippen molar-refractivity contribution >= 4 is 17.2 Å². The molecule has 0 N–H and O–H groups in total. The number of carbonyl (C=O) groups excluding carboxylic acids is 1. The first-order valence-corrected chi connectivity index (χ1v) is 9.33. The van der Waals surface area contributed by atoms with E-state index in [-0.39, 0.29) is 11.5 Å². The van der Waals surface area contributed by atoms with Crippen LogP contribution in [0, 0.1) is 0 Å². The van der Waals surface area contributed by atoms with Crippen LogP contribution in [0.4, 0.5) is 0 Å². The molecule has 146 valence electrons. The molecule has 0 fully saturated rings. The molecule has 30 heavy (non-hydrogen) atoms. The van der Waals surface area contributed by atoms with Crippen LogP contribution in [-0.2, 0) is 0 Å². The number of benzene rings is 3. The van der Waals surface area contributed by atoms with Crippen molar-refractivity contribution in [3.8, 4) is 5.69 Å². The van der Waals surface area contributed by atoms with E-state index >= 15 is 0 Å². The Labute approximate surface area is 173 Å². The molecular formula is C23H18N6O. The molecule has 0 saturated carbocycles. The second-order valence-corrected chi connectivity index (χ2v) is 6.50. The van der Waals surface area contributed by atoms with Crippen molar-refractivity contribution in [3.63, 3.8) is 0 Å². The lowest BCUT2D eigenvalue weighted by Gasteiger charge is -2.06. The van der Waals surface area contributed by atoms with E-state index < -0.39 is 0 Å². The summed E-state index contributed by atoms with van der Waals surface area (Å²) >= 11 is 0. The average molecular weight is 394 g/mol. The van der Waals surface area contributed by atoms with Crippen LogP contribution in [0.25, 0.3) is 5.69 Å². The first-order chi connectivity index (χ1) is 14.7. The molecule has 4 rings (SSSR count). The second kappa shape index (κ2) is 8.83. The summed E-state index contributed by atoms with van der Waals surface area (Å²) in [5.41, 5.74) is 3.89. The van der Waals surface area contributed by atoms with Gasteiger partial charge in [0.1, 0.15) is 12.0 Å². The molecule has 4 aromatic rings. The number of ketones is 1. The summed E-state index contributed by atoms with van der Waals surface area (Å²) in [7, 11) is 0. The first kappa shape index (κ1) is 19.1. The lowest BCUT2D eigenvalue weighted by molar-refractivity contribution is 0.106. The lowest BCUT2D eigenvalue weighted by Crippen LogP contribution is -2.15. The zero-order valence-electron chi connectivity index (χ0n) is 16.3. The van der Waals surface area contributed by atoms with Crippen molar-refractivity contribution in [1.29, 1.82) is 0 Å². The van der Waals surface area contributed by atoms with Gasteiger partial charge in [-0.05, 0) is 35.0 Å². The van der Waals surface area contributed by atoms with Crippen LogP contribution in [0.2, 0.25) is 0 Å². The Balaban J connectivity index is 1.71. The molecular weight excluding hydrogens is 376 g/mol. The van der Waals surface area contributed by atoms with Gasteiger partial charge in [-0.2, -0.15) is 5.10 Å². The largest absolute Gasteiger partial charge is 0.287 e. The van der Waals surface area contributed by atoms with Gasteiger partial charge < -0.3 is 0 Å². The zero-order valence-corrected chi connectivity index (χ0v) is 16.3. The molecule has 0 saturated heterocycles. The molecule has 0 atom stereocenters. The third-order valence-corrected chi connectivity index (χ3v) is 4.48. The van der Waals surface area contributed by atoms with Crippen LogP contribution >= 0.6 is 0 Å². The molecule has 0 unspecified atom stereocenters. The zero-order chi connectivity index (χ0) is 20.8. The maximum atomic E-state index is 13.1. The Morgan fingerprint density at radius 1 is 0.800 bits per heavy atom. The van der Waals surface area contributed by atoms with E-state index in [2.05, 4.69) is 25.7 Å². The highest BCUT2D eigenvalue weighted by Gasteiger charge is 2.16. The maximum absolute atomic E-state index is 13.1. The number of hydrogen-bond acceptors (Lipinski definition) is 6. The van der Waals surface area contributed by atoms with Crippen molar-refractivity contribution in [1.82, 2.24) is 20.2 Å². The van der Waals surface area contributed by atoms with E-state index in [1.807, 2.05) is 79.7 Å². The number of tetrazole rings is 1. The Morgan fingerprint density at radius 3 is 2.13 bits per heavy atom. The Kier molecular flexibility index (Phi) is 5.61. The molecule has 0 bridgehead atoms. The van der Waals surface area contributed by atoms with Gasteiger partial charge in [0.05, 0.1) is 11.4 Å². The quantitative estimate of drug-likeness (QED) is 0.283. The highest BCUT2D eigenvalue weighted by Crippen LogP contribution is 2.12. The van der Waals surface area contributed by atoms with Crippen LogP contribution in [0.5, 0.6) is 0 Å². The first-order valence-electron chi connectivity index (χ1n) is 9.33. The van der Waals surface area contributed by atoms with Crippen LogP contribution in [0.3, 0.4) is 0 Å². The van der Waals surface area contributed by atoms with Crippen LogP contribution in [0.15, 0.2) is 101 Å². The lowest BCUT2D eigenvalue weighted by atomic mass is 10.0. The minimum Gasteiger partial charge on any atom is -0.287 e. The van der Waals surface area contributed by atoms with Crippen molar-refractivity contribution in [2.45, 2.75) is 6.92 Å². The van der Waals surface area contributed by atoms with E-state index in [0.717, 1.165) is 11.3 Å². The number of hydrogen-bond donors (Lipinski definition) is 0. The van der Waals surface area contributed by atoms with Gasteiger partial charge in [-0.1, -0.05) is 72.8 Å². The van der Waals surface area contributed by atoms with Gasteiger partial charge in [-0.15, -0.1) is 10.2 Å². The summed E-state index contributed by atoms with van der Waals surface area (Å²) in [6, 6.07) is 26.0. The van der Waals surface area contributed by atoms with E-state index in [1.165, 1.54) is 6.33 Å². The normalized spacial score (nSPS) is 12.0. The molecule has 1 heterocycles. The molecule has 0 spiro atoms. The van der Waals surface area contributed by atoms with Crippen LogP contribution < -0.4 is 0 Å². The average Bonchev–Trinajstić information content (AvgIpc) is 3.35.